The Labute approximate surface area is 95.8 Å². The fourth-order valence-corrected chi connectivity index (χ4v) is 1.04. The standard InChI is InChI=1S/C9H11F3N2O3/c1-3-4-14(5-7(15)16)8(17)13(2)6-9(10,11)12/h1H,4-6H2,2H3,(H,15,16). The van der Waals surface area contributed by atoms with E-state index in [9.17, 15) is 22.8 Å². The van der Waals surface area contributed by atoms with Crippen LogP contribution in [0.1, 0.15) is 0 Å². The topological polar surface area (TPSA) is 60.9 Å². The molecule has 2 amide bonds. The molecule has 0 radical (unpaired) electrons. The zero-order valence-corrected chi connectivity index (χ0v) is 8.99. The van der Waals surface area contributed by atoms with Crippen molar-refractivity contribution < 1.29 is 27.9 Å². The van der Waals surface area contributed by atoms with E-state index in [1.54, 1.807) is 0 Å². The van der Waals surface area contributed by atoms with E-state index in [2.05, 4.69) is 0 Å². The van der Waals surface area contributed by atoms with Gasteiger partial charge in [-0.05, 0) is 0 Å². The molecule has 17 heavy (non-hydrogen) atoms. The molecule has 0 saturated carbocycles. The number of carboxylic acids is 1. The monoisotopic (exact) mass is 252 g/mol. The molecule has 1 N–H and O–H groups in total. The van der Waals surface area contributed by atoms with Crippen molar-refractivity contribution in [1.29, 1.82) is 0 Å². The van der Waals surface area contributed by atoms with Gasteiger partial charge >= 0.3 is 18.2 Å². The molecule has 0 atom stereocenters. The number of carboxylic acid groups (broad SMARTS) is 1. The number of aliphatic carboxylic acids is 1. The minimum Gasteiger partial charge on any atom is -0.480 e. The third-order valence-electron chi connectivity index (χ3n) is 1.62. The van der Waals surface area contributed by atoms with E-state index >= 15 is 0 Å². The first kappa shape index (κ1) is 15.1. The molecule has 0 rings (SSSR count). The molecule has 5 nitrogen and oxygen atoms in total. The van der Waals surface area contributed by atoms with Crippen molar-refractivity contribution in [2.24, 2.45) is 0 Å². The lowest BCUT2D eigenvalue weighted by Gasteiger charge is -2.26. The molecule has 0 aromatic heterocycles. The first-order valence-electron chi connectivity index (χ1n) is 4.39. The molecule has 0 aromatic rings. The summed E-state index contributed by atoms with van der Waals surface area (Å²) in [6, 6.07) is -1.08. The van der Waals surface area contributed by atoms with Crippen molar-refractivity contribution in [2.75, 3.05) is 26.7 Å². The number of rotatable bonds is 4. The second-order valence-electron chi connectivity index (χ2n) is 3.21. The zero-order chi connectivity index (χ0) is 13.6. The molecule has 0 bridgehead atoms. The molecular formula is C9H11F3N2O3. The lowest BCUT2D eigenvalue weighted by atomic mass is 10.4. The highest BCUT2D eigenvalue weighted by Crippen LogP contribution is 2.16. The van der Waals surface area contributed by atoms with Crippen molar-refractivity contribution in [2.45, 2.75) is 6.18 Å². The third kappa shape index (κ3) is 6.29. The zero-order valence-electron chi connectivity index (χ0n) is 8.99. The number of carbonyl (C=O) groups excluding carboxylic acids is 1. The maximum Gasteiger partial charge on any atom is 0.406 e. The Kier molecular flexibility index (Phi) is 5.31. The number of halogens is 3. The van der Waals surface area contributed by atoms with E-state index in [0.717, 1.165) is 7.05 Å². The quantitative estimate of drug-likeness (QED) is 0.746. The summed E-state index contributed by atoms with van der Waals surface area (Å²) in [4.78, 5) is 22.8. The number of terminal acetylenes is 1. The van der Waals surface area contributed by atoms with E-state index in [4.69, 9.17) is 11.5 Å². The summed E-state index contributed by atoms with van der Waals surface area (Å²) in [5, 5.41) is 8.47. The summed E-state index contributed by atoms with van der Waals surface area (Å²) in [5.41, 5.74) is 0. The van der Waals surface area contributed by atoms with Crippen LogP contribution in [0.4, 0.5) is 18.0 Å². The smallest absolute Gasteiger partial charge is 0.406 e. The average Bonchev–Trinajstić information content (AvgIpc) is 2.12. The van der Waals surface area contributed by atoms with Gasteiger partial charge in [0.15, 0.2) is 0 Å². The van der Waals surface area contributed by atoms with Crippen molar-refractivity contribution in [3.8, 4) is 12.3 Å². The normalized spacial score (nSPS) is 10.5. The minimum absolute atomic E-state index is 0.361. The molecule has 0 aromatic carbocycles. The number of nitrogens with zero attached hydrogens (tertiary/aromatic N) is 2. The van der Waals surface area contributed by atoms with E-state index in [1.165, 1.54) is 0 Å². The number of alkyl halides is 3. The molecule has 0 aliphatic heterocycles. The van der Waals surface area contributed by atoms with Gasteiger partial charge in [-0.2, -0.15) is 13.2 Å². The lowest BCUT2D eigenvalue weighted by molar-refractivity contribution is -0.140. The summed E-state index contributed by atoms with van der Waals surface area (Å²) in [6.07, 6.45) is 0.347. The summed E-state index contributed by atoms with van der Waals surface area (Å²) >= 11 is 0. The summed E-state index contributed by atoms with van der Waals surface area (Å²) in [6.45, 7) is -2.58. The fraction of sp³-hybridized carbons (Fsp3) is 0.556. The van der Waals surface area contributed by atoms with Crippen LogP contribution in [0.2, 0.25) is 0 Å². The first-order valence-corrected chi connectivity index (χ1v) is 4.39. The van der Waals surface area contributed by atoms with Crippen molar-refractivity contribution in [1.82, 2.24) is 9.80 Å². The lowest BCUT2D eigenvalue weighted by Crippen LogP contribution is -2.46. The van der Waals surface area contributed by atoms with Gasteiger partial charge in [0, 0.05) is 7.05 Å². The van der Waals surface area contributed by atoms with E-state index < -0.39 is 31.3 Å². The predicted molar refractivity (Wildman–Crippen MR) is 52.1 cm³/mol. The average molecular weight is 252 g/mol. The summed E-state index contributed by atoms with van der Waals surface area (Å²) in [5.74, 6) is 0.653. The van der Waals surface area contributed by atoms with Crippen LogP contribution in [0.15, 0.2) is 0 Å². The Morgan fingerprint density at radius 2 is 1.94 bits per heavy atom. The number of amides is 2. The Hall–Kier alpha value is -1.91. The van der Waals surface area contributed by atoms with Crippen LogP contribution in [-0.4, -0.2) is 59.8 Å². The molecule has 0 heterocycles. The molecule has 96 valence electrons. The molecule has 0 spiro atoms. The van der Waals surface area contributed by atoms with Crippen molar-refractivity contribution in [3.63, 3.8) is 0 Å². The Balaban J connectivity index is 4.61. The maximum atomic E-state index is 12.0. The van der Waals surface area contributed by atoms with E-state index in [0.29, 0.717) is 9.80 Å². The maximum absolute atomic E-state index is 12.0. The summed E-state index contributed by atoms with van der Waals surface area (Å²) in [7, 11) is 0.918. The Morgan fingerprint density at radius 3 is 2.29 bits per heavy atom. The van der Waals surface area contributed by atoms with Crippen LogP contribution in [-0.2, 0) is 4.79 Å². The fourth-order valence-electron chi connectivity index (χ4n) is 1.04. The number of hydrogen-bond acceptors (Lipinski definition) is 2. The second-order valence-corrected chi connectivity index (χ2v) is 3.21. The molecule has 0 aliphatic carbocycles. The molecular weight excluding hydrogens is 241 g/mol. The van der Waals surface area contributed by atoms with Crippen LogP contribution in [0, 0.1) is 12.3 Å². The first-order chi connectivity index (χ1) is 7.67. The van der Waals surface area contributed by atoms with Crippen LogP contribution < -0.4 is 0 Å². The van der Waals surface area contributed by atoms with Gasteiger partial charge in [0.25, 0.3) is 0 Å². The summed E-state index contributed by atoms with van der Waals surface area (Å²) < 4.78 is 36.0. The van der Waals surface area contributed by atoms with Crippen LogP contribution in [0.3, 0.4) is 0 Å². The predicted octanol–water partition coefficient (Wildman–Crippen LogP) is 0.620. The number of carbonyl (C=O) groups is 2. The third-order valence-corrected chi connectivity index (χ3v) is 1.62. The molecule has 0 saturated heterocycles. The molecule has 8 heteroatoms. The van der Waals surface area contributed by atoms with E-state index in [-0.39, 0.29) is 6.54 Å². The van der Waals surface area contributed by atoms with Crippen molar-refractivity contribution in [3.05, 3.63) is 0 Å². The van der Waals surface area contributed by atoms with Gasteiger partial charge < -0.3 is 14.9 Å². The highest BCUT2D eigenvalue weighted by Gasteiger charge is 2.32. The number of urea groups is 1. The minimum atomic E-state index is -4.55. The highest BCUT2D eigenvalue weighted by atomic mass is 19.4. The van der Waals surface area contributed by atoms with Gasteiger partial charge in [-0.3, -0.25) is 4.79 Å². The van der Waals surface area contributed by atoms with Gasteiger partial charge in [-0.15, -0.1) is 6.42 Å². The highest BCUT2D eigenvalue weighted by molar-refractivity contribution is 5.80. The van der Waals surface area contributed by atoms with Crippen LogP contribution in [0.5, 0.6) is 0 Å². The van der Waals surface area contributed by atoms with Gasteiger partial charge in [0.2, 0.25) is 0 Å². The largest absolute Gasteiger partial charge is 0.480 e. The van der Waals surface area contributed by atoms with Gasteiger partial charge in [-0.25, -0.2) is 4.79 Å². The van der Waals surface area contributed by atoms with Crippen LogP contribution >= 0.6 is 0 Å². The van der Waals surface area contributed by atoms with Gasteiger partial charge in [-0.1, -0.05) is 5.92 Å². The molecule has 0 fully saturated rings. The van der Waals surface area contributed by atoms with Crippen molar-refractivity contribution >= 4 is 12.0 Å². The Morgan fingerprint density at radius 1 is 1.41 bits per heavy atom. The SMILES string of the molecule is C#CCN(CC(=O)O)C(=O)N(C)CC(F)(F)F. The second kappa shape index (κ2) is 5.98. The number of hydrogen-bond donors (Lipinski definition) is 1. The van der Waals surface area contributed by atoms with Gasteiger partial charge in [0.1, 0.15) is 13.1 Å². The Bertz CT molecular complexity index is 335. The van der Waals surface area contributed by atoms with Crippen LogP contribution in [0.25, 0.3) is 0 Å². The van der Waals surface area contributed by atoms with E-state index in [1.807, 2.05) is 5.92 Å². The molecule has 0 aliphatic rings. The molecule has 0 unspecified atom stereocenters. The van der Waals surface area contributed by atoms with Gasteiger partial charge in [0.05, 0.1) is 6.54 Å².